The van der Waals surface area contributed by atoms with Crippen LogP contribution in [0.2, 0.25) is 0 Å². The lowest BCUT2D eigenvalue weighted by Gasteiger charge is -2.04. The predicted molar refractivity (Wildman–Crippen MR) is 115 cm³/mol. The van der Waals surface area contributed by atoms with Gasteiger partial charge in [-0.1, -0.05) is 6.07 Å². The molecule has 0 aliphatic carbocycles. The third kappa shape index (κ3) is 3.47. The van der Waals surface area contributed by atoms with Crippen LogP contribution >= 0.6 is 0 Å². The van der Waals surface area contributed by atoms with Crippen LogP contribution in [0.3, 0.4) is 0 Å². The average molecular weight is 398 g/mol. The zero-order valence-electron chi connectivity index (χ0n) is 16.7. The molecule has 30 heavy (non-hydrogen) atoms. The summed E-state index contributed by atoms with van der Waals surface area (Å²) in [5.74, 6) is 1.22. The van der Waals surface area contributed by atoms with E-state index in [-0.39, 0.29) is 5.69 Å². The van der Waals surface area contributed by atoms with Crippen molar-refractivity contribution in [3.8, 4) is 17.4 Å². The Morgan fingerprint density at radius 3 is 2.67 bits per heavy atom. The first kappa shape index (κ1) is 19.2. The van der Waals surface area contributed by atoms with E-state index in [0.29, 0.717) is 28.5 Å². The molecule has 0 saturated heterocycles. The molecule has 1 N–H and O–H groups in total. The van der Waals surface area contributed by atoms with Gasteiger partial charge < -0.3 is 9.40 Å². The Morgan fingerprint density at radius 2 is 1.93 bits per heavy atom. The zero-order chi connectivity index (χ0) is 21.4. The van der Waals surface area contributed by atoms with Crippen molar-refractivity contribution in [3.63, 3.8) is 0 Å². The molecule has 0 bridgehead atoms. The van der Waals surface area contributed by atoms with E-state index >= 15 is 0 Å². The van der Waals surface area contributed by atoms with Crippen LogP contribution in [-0.4, -0.2) is 14.9 Å². The SMILES string of the molecule is Cc1ccc2nc(C(C#N)=Cc3ccc(-c4cc(C)c(C)cc4[N+](=O)[O-])o3)[nH]c2c1. The van der Waals surface area contributed by atoms with Crippen LogP contribution in [0.25, 0.3) is 34.0 Å². The average Bonchev–Trinajstić information content (AvgIpc) is 3.34. The molecule has 0 radical (unpaired) electrons. The van der Waals surface area contributed by atoms with Crippen molar-refractivity contribution in [2.45, 2.75) is 20.8 Å². The van der Waals surface area contributed by atoms with Crippen LogP contribution in [0, 0.1) is 42.2 Å². The van der Waals surface area contributed by atoms with Crippen molar-refractivity contribution in [2.75, 3.05) is 0 Å². The van der Waals surface area contributed by atoms with Gasteiger partial charge in [0.05, 0.1) is 27.1 Å². The zero-order valence-corrected chi connectivity index (χ0v) is 16.7. The number of nitro benzene ring substituents is 1. The summed E-state index contributed by atoms with van der Waals surface area (Å²) >= 11 is 0. The van der Waals surface area contributed by atoms with Gasteiger partial charge in [-0.3, -0.25) is 10.1 Å². The minimum absolute atomic E-state index is 0.0175. The van der Waals surface area contributed by atoms with Gasteiger partial charge >= 0.3 is 0 Å². The molecular formula is C23H18N4O3. The van der Waals surface area contributed by atoms with E-state index in [4.69, 9.17) is 4.42 Å². The summed E-state index contributed by atoms with van der Waals surface area (Å²) in [5.41, 5.74) is 5.16. The molecule has 0 atom stereocenters. The van der Waals surface area contributed by atoms with E-state index in [1.54, 1.807) is 30.3 Å². The van der Waals surface area contributed by atoms with Gasteiger partial charge in [-0.05, 0) is 67.8 Å². The van der Waals surface area contributed by atoms with Crippen molar-refractivity contribution < 1.29 is 9.34 Å². The fourth-order valence-electron chi connectivity index (χ4n) is 3.27. The number of imidazole rings is 1. The van der Waals surface area contributed by atoms with E-state index in [1.807, 2.05) is 39.0 Å². The van der Waals surface area contributed by atoms with E-state index in [9.17, 15) is 15.4 Å². The summed E-state index contributed by atoms with van der Waals surface area (Å²) in [6, 6.07) is 14.6. The third-order valence-electron chi connectivity index (χ3n) is 5.00. The highest BCUT2D eigenvalue weighted by molar-refractivity contribution is 5.90. The van der Waals surface area contributed by atoms with E-state index in [0.717, 1.165) is 27.7 Å². The first-order valence-corrected chi connectivity index (χ1v) is 9.30. The molecule has 4 aromatic rings. The minimum atomic E-state index is -0.420. The summed E-state index contributed by atoms with van der Waals surface area (Å²) in [7, 11) is 0. The van der Waals surface area contributed by atoms with Crippen molar-refractivity contribution in [2.24, 2.45) is 0 Å². The number of aromatic amines is 1. The van der Waals surface area contributed by atoms with Crippen LogP contribution in [0.4, 0.5) is 5.69 Å². The molecule has 148 valence electrons. The number of nitrogens with zero attached hydrogens (tertiary/aromatic N) is 3. The molecule has 7 heteroatoms. The number of nitro groups is 1. The highest BCUT2D eigenvalue weighted by atomic mass is 16.6. The molecule has 0 saturated carbocycles. The predicted octanol–water partition coefficient (Wildman–Crippen LogP) is 5.72. The summed E-state index contributed by atoms with van der Waals surface area (Å²) in [6.45, 7) is 5.71. The van der Waals surface area contributed by atoms with E-state index in [2.05, 4.69) is 16.0 Å². The fraction of sp³-hybridized carbons (Fsp3) is 0.130. The number of aryl methyl sites for hydroxylation is 3. The first-order valence-electron chi connectivity index (χ1n) is 9.30. The van der Waals surface area contributed by atoms with E-state index in [1.165, 1.54) is 0 Å². The Morgan fingerprint density at radius 1 is 1.17 bits per heavy atom. The topological polar surface area (TPSA) is 109 Å². The summed E-state index contributed by atoms with van der Waals surface area (Å²) in [5, 5.41) is 21.1. The monoisotopic (exact) mass is 398 g/mol. The number of H-pyrrole nitrogens is 1. The molecule has 2 aromatic heterocycles. The molecule has 2 heterocycles. The van der Waals surface area contributed by atoms with Gasteiger partial charge in [0, 0.05) is 12.1 Å². The maximum atomic E-state index is 11.5. The van der Waals surface area contributed by atoms with Crippen LogP contribution in [-0.2, 0) is 0 Å². The number of hydrogen-bond donors (Lipinski definition) is 1. The maximum Gasteiger partial charge on any atom is 0.280 e. The van der Waals surface area contributed by atoms with Crippen molar-refractivity contribution >= 4 is 28.4 Å². The van der Waals surface area contributed by atoms with Gasteiger partial charge in [0.25, 0.3) is 5.69 Å². The summed E-state index contributed by atoms with van der Waals surface area (Å²) in [4.78, 5) is 18.7. The lowest BCUT2D eigenvalue weighted by Crippen LogP contribution is -1.94. The third-order valence-corrected chi connectivity index (χ3v) is 5.00. The number of benzene rings is 2. The Hall–Kier alpha value is -4.18. The molecule has 0 unspecified atom stereocenters. The highest BCUT2D eigenvalue weighted by Crippen LogP contribution is 2.34. The second kappa shape index (κ2) is 7.33. The van der Waals surface area contributed by atoms with Crippen LogP contribution < -0.4 is 0 Å². The summed E-state index contributed by atoms with van der Waals surface area (Å²) in [6.07, 6.45) is 1.57. The standard InChI is InChI=1S/C23H18N4O3/c1-13-4-6-19-20(8-13)26-23(25-19)16(12-24)11-17-5-7-22(30-17)18-9-14(2)15(3)10-21(18)27(28)29/h4-11H,1-3H3,(H,25,26). The van der Waals surface area contributed by atoms with Gasteiger partial charge in [0.15, 0.2) is 0 Å². The number of fused-ring (bicyclic) bond motifs is 1. The lowest BCUT2D eigenvalue weighted by molar-refractivity contribution is -0.384. The Balaban J connectivity index is 1.74. The molecular weight excluding hydrogens is 380 g/mol. The second-order valence-corrected chi connectivity index (χ2v) is 7.19. The Bertz CT molecular complexity index is 1370. The Labute approximate surface area is 172 Å². The molecule has 2 aromatic carbocycles. The van der Waals surface area contributed by atoms with Gasteiger partial charge in [-0.2, -0.15) is 5.26 Å². The largest absolute Gasteiger partial charge is 0.456 e. The molecule has 0 aliphatic heterocycles. The van der Waals surface area contributed by atoms with Crippen molar-refractivity contribution in [1.82, 2.24) is 9.97 Å². The minimum Gasteiger partial charge on any atom is -0.456 e. The molecule has 0 aliphatic rings. The second-order valence-electron chi connectivity index (χ2n) is 7.19. The first-order chi connectivity index (χ1) is 14.4. The normalized spacial score (nSPS) is 11.6. The molecule has 0 spiro atoms. The molecule has 0 fully saturated rings. The van der Waals surface area contributed by atoms with Crippen molar-refractivity contribution in [3.05, 3.63) is 80.9 Å². The maximum absolute atomic E-state index is 11.5. The van der Waals surface area contributed by atoms with Gasteiger partial charge in [0.1, 0.15) is 23.4 Å². The fourth-order valence-corrected chi connectivity index (χ4v) is 3.27. The van der Waals surface area contributed by atoms with E-state index < -0.39 is 4.92 Å². The molecule has 4 rings (SSSR count). The number of aromatic nitrogens is 2. The number of hydrogen-bond acceptors (Lipinski definition) is 5. The van der Waals surface area contributed by atoms with Crippen LogP contribution in [0.15, 0.2) is 46.9 Å². The number of rotatable bonds is 4. The molecule has 7 nitrogen and oxygen atoms in total. The number of allylic oxidation sites excluding steroid dienone is 1. The Kier molecular flexibility index (Phi) is 4.68. The lowest BCUT2D eigenvalue weighted by atomic mass is 10.0. The van der Waals surface area contributed by atoms with Crippen molar-refractivity contribution in [1.29, 1.82) is 5.26 Å². The number of furan rings is 1. The quantitative estimate of drug-likeness (QED) is 0.269. The van der Waals surface area contributed by atoms with Gasteiger partial charge in [-0.15, -0.1) is 0 Å². The number of nitrogens with one attached hydrogen (secondary N) is 1. The van der Waals surface area contributed by atoms with Gasteiger partial charge in [-0.25, -0.2) is 4.98 Å². The smallest absolute Gasteiger partial charge is 0.280 e. The van der Waals surface area contributed by atoms with Crippen LogP contribution in [0.1, 0.15) is 28.3 Å². The van der Waals surface area contributed by atoms with Gasteiger partial charge in [0.2, 0.25) is 0 Å². The molecule has 0 amide bonds. The highest BCUT2D eigenvalue weighted by Gasteiger charge is 2.20. The summed E-state index contributed by atoms with van der Waals surface area (Å²) < 4.78 is 5.83. The number of nitriles is 1. The van der Waals surface area contributed by atoms with Crippen LogP contribution in [0.5, 0.6) is 0 Å².